The predicted molar refractivity (Wildman–Crippen MR) is 88.3 cm³/mol. The number of hydrogen-bond acceptors (Lipinski definition) is 3. The van der Waals surface area contributed by atoms with Gasteiger partial charge in [-0.15, -0.1) is 0 Å². The van der Waals surface area contributed by atoms with E-state index in [1.165, 1.54) is 0 Å². The summed E-state index contributed by atoms with van der Waals surface area (Å²) in [5.74, 6) is -0.716. The molecule has 1 amide bonds. The Bertz CT molecular complexity index is 741. The van der Waals surface area contributed by atoms with Crippen molar-refractivity contribution in [2.24, 2.45) is 0 Å². The van der Waals surface area contributed by atoms with Gasteiger partial charge in [0.2, 0.25) is 5.91 Å². The van der Waals surface area contributed by atoms with Gasteiger partial charge in [-0.1, -0.05) is 48.5 Å². The molecule has 0 saturated heterocycles. The fourth-order valence-corrected chi connectivity index (χ4v) is 3.23. The van der Waals surface area contributed by atoms with Gasteiger partial charge in [0.15, 0.2) is 5.41 Å². The third-order valence-electron chi connectivity index (χ3n) is 4.33. The maximum atomic E-state index is 13.0. The quantitative estimate of drug-likeness (QED) is 0.644. The van der Waals surface area contributed by atoms with Crippen LogP contribution in [0.4, 0.5) is 5.69 Å². The van der Waals surface area contributed by atoms with Crippen molar-refractivity contribution in [1.29, 1.82) is 0 Å². The largest absolute Gasteiger partial charge is 0.465 e. The van der Waals surface area contributed by atoms with Crippen LogP contribution in [0.25, 0.3) is 0 Å². The Morgan fingerprint density at radius 1 is 1.09 bits per heavy atom. The smallest absolute Gasteiger partial charge is 0.326 e. The highest BCUT2D eigenvalue weighted by molar-refractivity contribution is 6.20. The van der Waals surface area contributed by atoms with Crippen LogP contribution in [-0.2, 0) is 26.2 Å². The van der Waals surface area contributed by atoms with Crippen molar-refractivity contribution in [3.05, 3.63) is 65.7 Å². The fourth-order valence-electron chi connectivity index (χ4n) is 3.23. The summed E-state index contributed by atoms with van der Waals surface area (Å²) in [5.41, 5.74) is 1.11. The second-order valence-corrected chi connectivity index (χ2v) is 5.67. The molecule has 4 nitrogen and oxygen atoms in total. The first kappa shape index (κ1) is 15.3. The lowest BCUT2D eigenvalue weighted by Crippen LogP contribution is -2.48. The number of esters is 1. The number of hydrogen-bond donors (Lipinski definition) is 0. The normalized spacial score (nSPS) is 19.6. The molecule has 1 aliphatic heterocycles. The number of ether oxygens (including phenoxy) is 1. The lowest BCUT2D eigenvalue weighted by Gasteiger charge is -2.26. The number of benzene rings is 2. The van der Waals surface area contributed by atoms with E-state index >= 15 is 0 Å². The molecule has 1 unspecified atom stereocenters. The van der Waals surface area contributed by atoms with Crippen LogP contribution < -0.4 is 4.90 Å². The number of fused-ring (bicyclic) bond motifs is 1. The molecule has 1 heterocycles. The number of para-hydroxylation sites is 1. The second kappa shape index (κ2) is 5.88. The Balaban J connectivity index is 2.17. The van der Waals surface area contributed by atoms with Crippen molar-refractivity contribution < 1.29 is 14.3 Å². The molecule has 0 bridgehead atoms. The lowest BCUT2D eigenvalue weighted by atomic mass is 9.76. The van der Waals surface area contributed by atoms with Crippen LogP contribution >= 0.6 is 0 Å². The molecule has 1 atom stereocenters. The maximum absolute atomic E-state index is 13.0. The summed E-state index contributed by atoms with van der Waals surface area (Å²) in [5, 5.41) is 0. The summed E-state index contributed by atoms with van der Waals surface area (Å²) in [6.45, 7) is 2.00. The monoisotopic (exact) mass is 309 g/mol. The van der Waals surface area contributed by atoms with Crippen molar-refractivity contribution in [2.75, 3.05) is 18.6 Å². The van der Waals surface area contributed by atoms with Crippen LogP contribution in [0.15, 0.2) is 54.6 Å². The Morgan fingerprint density at radius 2 is 1.74 bits per heavy atom. The molecular weight excluding hydrogens is 290 g/mol. The average Bonchev–Trinajstić information content (AvgIpc) is 2.79. The number of carbonyl (C=O) groups excluding carboxylic acids is 2. The molecule has 0 saturated carbocycles. The first-order chi connectivity index (χ1) is 11.1. The predicted octanol–water partition coefficient (Wildman–Crippen LogP) is 2.71. The van der Waals surface area contributed by atoms with Gasteiger partial charge in [0.05, 0.1) is 6.61 Å². The van der Waals surface area contributed by atoms with E-state index < -0.39 is 11.4 Å². The van der Waals surface area contributed by atoms with Gasteiger partial charge in [0, 0.05) is 24.7 Å². The Kier molecular flexibility index (Phi) is 3.90. The van der Waals surface area contributed by atoms with Crippen molar-refractivity contribution in [3.63, 3.8) is 0 Å². The highest BCUT2D eigenvalue weighted by Crippen LogP contribution is 2.44. The SMILES string of the molecule is CCOC(=O)C1(Cc2ccccc2)C(=O)N(C)c2ccccc21. The number of carbonyl (C=O) groups is 2. The van der Waals surface area contributed by atoms with Gasteiger partial charge < -0.3 is 9.64 Å². The number of nitrogens with zero attached hydrogens (tertiary/aromatic N) is 1. The van der Waals surface area contributed by atoms with E-state index in [0.29, 0.717) is 6.42 Å². The van der Waals surface area contributed by atoms with Crippen molar-refractivity contribution in [1.82, 2.24) is 0 Å². The number of anilines is 1. The molecule has 2 aromatic carbocycles. The van der Waals surface area contributed by atoms with Gasteiger partial charge in [-0.3, -0.25) is 9.59 Å². The van der Waals surface area contributed by atoms with E-state index in [-0.39, 0.29) is 12.5 Å². The fraction of sp³-hybridized carbons (Fsp3) is 0.263. The molecule has 0 radical (unpaired) electrons. The van der Waals surface area contributed by atoms with E-state index in [0.717, 1.165) is 16.8 Å². The van der Waals surface area contributed by atoms with E-state index in [4.69, 9.17) is 4.74 Å². The van der Waals surface area contributed by atoms with Gasteiger partial charge in [0.25, 0.3) is 0 Å². The molecule has 3 rings (SSSR count). The summed E-state index contributed by atoms with van der Waals surface area (Å²) in [6.07, 6.45) is 0.298. The summed E-state index contributed by atoms with van der Waals surface area (Å²) < 4.78 is 5.29. The number of amides is 1. The average molecular weight is 309 g/mol. The summed E-state index contributed by atoms with van der Waals surface area (Å²) >= 11 is 0. The van der Waals surface area contributed by atoms with E-state index in [1.807, 2.05) is 54.6 Å². The number of rotatable bonds is 4. The Hall–Kier alpha value is -2.62. The minimum absolute atomic E-state index is 0.235. The molecule has 0 aliphatic carbocycles. The minimum atomic E-state index is -1.30. The topological polar surface area (TPSA) is 46.6 Å². The van der Waals surface area contributed by atoms with Gasteiger partial charge in [-0.05, 0) is 18.6 Å². The molecular formula is C19H19NO3. The molecule has 0 aromatic heterocycles. The molecule has 118 valence electrons. The first-order valence-corrected chi connectivity index (χ1v) is 7.70. The van der Waals surface area contributed by atoms with Crippen LogP contribution in [0.2, 0.25) is 0 Å². The third kappa shape index (κ3) is 2.31. The van der Waals surface area contributed by atoms with Gasteiger partial charge >= 0.3 is 5.97 Å². The molecule has 0 spiro atoms. The highest BCUT2D eigenvalue weighted by atomic mass is 16.5. The first-order valence-electron chi connectivity index (χ1n) is 7.70. The number of likely N-dealkylation sites (N-methyl/N-ethyl adjacent to an activating group) is 1. The standard InChI is InChI=1S/C19H19NO3/c1-3-23-18(22)19(13-14-9-5-4-6-10-14)15-11-7-8-12-16(15)20(2)17(19)21/h4-12H,3,13H2,1-2H3. The zero-order valence-corrected chi connectivity index (χ0v) is 13.3. The van der Waals surface area contributed by atoms with Crippen LogP contribution in [0.1, 0.15) is 18.1 Å². The van der Waals surface area contributed by atoms with E-state index in [1.54, 1.807) is 18.9 Å². The zero-order valence-electron chi connectivity index (χ0n) is 13.3. The van der Waals surface area contributed by atoms with Gasteiger partial charge in [0.1, 0.15) is 0 Å². The second-order valence-electron chi connectivity index (χ2n) is 5.67. The van der Waals surface area contributed by atoms with Gasteiger partial charge in [-0.2, -0.15) is 0 Å². The van der Waals surface area contributed by atoms with Crippen molar-refractivity contribution in [2.45, 2.75) is 18.8 Å². The highest BCUT2D eigenvalue weighted by Gasteiger charge is 2.56. The van der Waals surface area contributed by atoms with E-state index in [2.05, 4.69) is 0 Å². The Labute approximate surface area is 135 Å². The molecule has 0 N–H and O–H groups in total. The van der Waals surface area contributed by atoms with Crippen LogP contribution in [-0.4, -0.2) is 25.5 Å². The molecule has 4 heteroatoms. The van der Waals surface area contributed by atoms with Crippen LogP contribution in [0.5, 0.6) is 0 Å². The lowest BCUT2D eigenvalue weighted by molar-refractivity contribution is -0.153. The van der Waals surface area contributed by atoms with Crippen LogP contribution in [0, 0.1) is 0 Å². The summed E-state index contributed by atoms with van der Waals surface area (Å²) in [7, 11) is 1.70. The molecule has 2 aromatic rings. The van der Waals surface area contributed by atoms with Gasteiger partial charge in [-0.25, -0.2) is 0 Å². The third-order valence-corrected chi connectivity index (χ3v) is 4.33. The summed E-state index contributed by atoms with van der Waals surface area (Å²) in [4.78, 5) is 27.4. The minimum Gasteiger partial charge on any atom is -0.465 e. The van der Waals surface area contributed by atoms with Crippen molar-refractivity contribution in [3.8, 4) is 0 Å². The van der Waals surface area contributed by atoms with Crippen molar-refractivity contribution >= 4 is 17.6 Å². The summed E-state index contributed by atoms with van der Waals surface area (Å²) in [6, 6.07) is 17.0. The molecule has 1 aliphatic rings. The van der Waals surface area contributed by atoms with Crippen LogP contribution in [0.3, 0.4) is 0 Å². The zero-order chi connectivity index (χ0) is 16.4. The molecule has 23 heavy (non-hydrogen) atoms. The Morgan fingerprint density at radius 3 is 2.43 bits per heavy atom. The molecule has 0 fully saturated rings. The maximum Gasteiger partial charge on any atom is 0.326 e. The van der Waals surface area contributed by atoms with E-state index in [9.17, 15) is 9.59 Å².